The zero-order valence-electron chi connectivity index (χ0n) is 17.8. The van der Waals surface area contributed by atoms with E-state index in [0.717, 1.165) is 60.9 Å². The molecule has 1 unspecified atom stereocenters. The van der Waals surface area contributed by atoms with Crippen LogP contribution in [0.1, 0.15) is 38.7 Å². The minimum atomic E-state index is -0.259. The van der Waals surface area contributed by atoms with Gasteiger partial charge in [-0.25, -0.2) is 4.99 Å². The van der Waals surface area contributed by atoms with E-state index in [2.05, 4.69) is 23.8 Å². The molecule has 7 nitrogen and oxygen atoms in total. The number of amidine groups is 2. The summed E-state index contributed by atoms with van der Waals surface area (Å²) in [5.41, 5.74) is 8.66. The predicted molar refractivity (Wildman–Crippen MR) is 119 cm³/mol. The van der Waals surface area contributed by atoms with Crippen LogP contribution < -0.4 is 15.8 Å². The Labute approximate surface area is 173 Å². The maximum Gasteiger partial charge on any atom is 0.131 e. The average Bonchev–Trinajstić information content (AvgIpc) is 2.75. The van der Waals surface area contributed by atoms with Crippen molar-refractivity contribution in [1.82, 2.24) is 10.2 Å². The number of hydrogen-bond donors (Lipinski definition) is 2. The molecular formula is C22H33N5O2. The molecule has 3 rings (SSSR count). The first kappa shape index (κ1) is 21.3. The van der Waals surface area contributed by atoms with Gasteiger partial charge in [0, 0.05) is 19.4 Å². The molecule has 0 bridgehead atoms. The molecule has 2 heterocycles. The molecule has 158 valence electrons. The fraction of sp³-hybridized carbons (Fsp3) is 0.545. The summed E-state index contributed by atoms with van der Waals surface area (Å²) in [5, 5.41) is 3.37. The van der Waals surface area contributed by atoms with Crippen LogP contribution in [0.2, 0.25) is 0 Å². The molecule has 1 fully saturated rings. The Morgan fingerprint density at radius 2 is 2.07 bits per heavy atom. The minimum Gasteiger partial charge on any atom is -0.490 e. The van der Waals surface area contributed by atoms with Crippen LogP contribution in [0.25, 0.3) is 5.70 Å². The Bertz CT molecular complexity index is 783. The number of benzene rings is 1. The molecule has 0 radical (unpaired) electrons. The van der Waals surface area contributed by atoms with Crippen molar-refractivity contribution in [2.24, 2.45) is 15.7 Å². The van der Waals surface area contributed by atoms with E-state index >= 15 is 0 Å². The minimum absolute atomic E-state index is 0.176. The second kappa shape index (κ2) is 9.89. The molecule has 0 saturated carbocycles. The van der Waals surface area contributed by atoms with E-state index in [-0.39, 0.29) is 12.1 Å². The van der Waals surface area contributed by atoms with Gasteiger partial charge < -0.3 is 25.4 Å². The van der Waals surface area contributed by atoms with Crippen LogP contribution in [0.15, 0.2) is 34.8 Å². The summed E-state index contributed by atoms with van der Waals surface area (Å²) in [4.78, 5) is 11.4. The molecule has 29 heavy (non-hydrogen) atoms. The molecule has 3 N–H and O–H groups in total. The van der Waals surface area contributed by atoms with Crippen LogP contribution in [0, 0.1) is 0 Å². The first-order valence-electron chi connectivity index (χ1n) is 10.4. The zero-order valence-corrected chi connectivity index (χ0v) is 17.8. The SMILES string of the molecule is C=C1c2c(cccc2OC2CCNCC2)/N=C(/N)C(C)/N=C(/COCCC)N1C. The van der Waals surface area contributed by atoms with Crippen molar-refractivity contribution < 1.29 is 9.47 Å². The van der Waals surface area contributed by atoms with Crippen LogP contribution in [-0.2, 0) is 4.74 Å². The molecule has 1 aromatic rings. The summed E-state index contributed by atoms with van der Waals surface area (Å²) in [7, 11) is 1.95. The maximum atomic E-state index is 6.40. The van der Waals surface area contributed by atoms with Crippen molar-refractivity contribution in [3.05, 3.63) is 30.3 Å². The second-order valence-corrected chi connectivity index (χ2v) is 7.53. The van der Waals surface area contributed by atoms with Crippen molar-refractivity contribution in [2.45, 2.75) is 45.3 Å². The largest absolute Gasteiger partial charge is 0.490 e. The summed E-state index contributed by atoms with van der Waals surface area (Å²) in [5.74, 6) is 2.02. The van der Waals surface area contributed by atoms with Gasteiger partial charge in [0.1, 0.15) is 36.2 Å². The number of likely N-dealkylation sites (N-methyl/N-ethyl adjacent to an activating group) is 1. The van der Waals surface area contributed by atoms with E-state index < -0.39 is 0 Å². The number of rotatable bonds is 6. The second-order valence-electron chi connectivity index (χ2n) is 7.53. The summed E-state index contributed by atoms with van der Waals surface area (Å²) in [6.07, 6.45) is 3.08. The number of aliphatic imine (C=N–C) groups is 2. The number of nitrogens with zero attached hydrogens (tertiary/aromatic N) is 3. The Hall–Kier alpha value is -2.38. The Morgan fingerprint density at radius 1 is 1.31 bits per heavy atom. The summed E-state index contributed by atoms with van der Waals surface area (Å²) in [6.45, 7) is 11.4. The first-order valence-corrected chi connectivity index (χ1v) is 10.4. The van der Waals surface area contributed by atoms with E-state index in [1.165, 1.54) is 0 Å². The van der Waals surface area contributed by atoms with Gasteiger partial charge in [-0.3, -0.25) is 4.99 Å². The molecular weight excluding hydrogens is 366 g/mol. The van der Waals surface area contributed by atoms with Crippen LogP contribution in [0.3, 0.4) is 0 Å². The Balaban J connectivity index is 1.98. The lowest BCUT2D eigenvalue weighted by atomic mass is 10.1. The van der Waals surface area contributed by atoms with Gasteiger partial charge in [0.15, 0.2) is 0 Å². The number of fused-ring (bicyclic) bond motifs is 1. The van der Waals surface area contributed by atoms with Crippen LogP contribution in [0.5, 0.6) is 5.75 Å². The monoisotopic (exact) mass is 399 g/mol. The van der Waals surface area contributed by atoms with E-state index in [1.807, 2.05) is 37.1 Å². The lowest BCUT2D eigenvalue weighted by Gasteiger charge is -2.28. The molecule has 1 atom stereocenters. The predicted octanol–water partition coefficient (Wildman–Crippen LogP) is 2.94. The Morgan fingerprint density at radius 3 is 2.79 bits per heavy atom. The number of hydrogen-bond acceptors (Lipinski definition) is 7. The zero-order chi connectivity index (χ0) is 20.8. The number of piperidine rings is 1. The highest BCUT2D eigenvalue weighted by Gasteiger charge is 2.24. The maximum absolute atomic E-state index is 6.40. The standard InChI is InChI=1S/C22H33N5O2/c1-5-13-28-14-20-25-15(2)22(23)26-18-7-6-8-19(21(18)16(3)27(20)4)29-17-9-11-24-12-10-17/h6-8,15,17,24H,3,5,9-14H2,1-2,4H3,(H2,23,26)/b25-20-. The normalized spacial score (nSPS) is 24.4. The third-order valence-electron chi connectivity index (χ3n) is 5.26. The average molecular weight is 400 g/mol. The van der Waals surface area contributed by atoms with Gasteiger partial charge in [-0.1, -0.05) is 19.6 Å². The number of nitrogens with two attached hydrogens (primary N) is 1. The van der Waals surface area contributed by atoms with Gasteiger partial charge >= 0.3 is 0 Å². The van der Waals surface area contributed by atoms with Gasteiger partial charge in [-0.2, -0.15) is 0 Å². The molecule has 0 aromatic heterocycles. The highest BCUT2D eigenvalue weighted by Crippen LogP contribution is 2.37. The van der Waals surface area contributed by atoms with Crippen molar-refractivity contribution in [3.63, 3.8) is 0 Å². The first-order chi connectivity index (χ1) is 14.0. The Kier molecular flexibility index (Phi) is 7.28. The molecule has 2 aliphatic rings. The van der Waals surface area contributed by atoms with Gasteiger partial charge in [0.05, 0.1) is 11.3 Å². The molecule has 1 aromatic carbocycles. The third-order valence-corrected chi connectivity index (χ3v) is 5.26. The van der Waals surface area contributed by atoms with Crippen LogP contribution >= 0.6 is 0 Å². The van der Waals surface area contributed by atoms with Gasteiger partial charge in [-0.05, 0) is 51.4 Å². The van der Waals surface area contributed by atoms with Crippen molar-refractivity contribution >= 4 is 23.1 Å². The summed E-state index contributed by atoms with van der Waals surface area (Å²) >= 11 is 0. The van der Waals surface area contributed by atoms with Crippen LogP contribution in [-0.4, -0.2) is 62.1 Å². The van der Waals surface area contributed by atoms with E-state index in [4.69, 9.17) is 20.2 Å². The fourth-order valence-corrected chi connectivity index (χ4v) is 3.47. The van der Waals surface area contributed by atoms with Crippen LogP contribution in [0.4, 0.5) is 5.69 Å². The molecule has 2 aliphatic heterocycles. The lowest BCUT2D eigenvalue weighted by Crippen LogP contribution is -2.34. The quantitative estimate of drug-likeness (QED) is 0.719. The van der Waals surface area contributed by atoms with Crippen molar-refractivity contribution in [3.8, 4) is 5.75 Å². The lowest BCUT2D eigenvalue weighted by molar-refractivity contribution is 0.161. The molecule has 0 amide bonds. The van der Waals surface area contributed by atoms with Gasteiger partial charge in [-0.15, -0.1) is 0 Å². The van der Waals surface area contributed by atoms with E-state index in [0.29, 0.717) is 19.0 Å². The van der Waals surface area contributed by atoms with Crippen molar-refractivity contribution in [1.29, 1.82) is 0 Å². The van der Waals surface area contributed by atoms with Gasteiger partial charge in [0.2, 0.25) is 0 Å². The summed E-state index contributed by atoms with van der Waals surface area (Å²) < 4.78 is 12.2. The smallest absolute Gasteiger partial charge is 0.131 e. The number of nitrogens with one attached hydrogen (secondary N) is 1. The molecule has 0 spiro atoms. The number of ether oxygens (including phenoxy) is 2. The van der Waals surface area contributed by atoms with Gasteiger partial charge in [0.25, 0.3) is 0 Å². The van der Waals surface area contributed by atoms with Crippen molar-refractivity contribution in [2.75, 3.05) is 33.4 Å². The van der Waals surface area contributed by atoms with E-state index in [9.17, 15) is 0 Å². The van der Waals surface area contributed by atoms with E-state index in [1.54, 1.807) is 0 Å². The highest BCUT2D eigenvalue weighted by atomic mass is 16.5. The molecule has 1 saturated heterocycles. The summed E-state index contributed by atoms with van der Waals surface area (Å²) in [6, 6.07) is 5.62. The fourth-order valence-electron chi connectivity index (χ4n) is 3.47. The molecule has 0 aliphatic carbocycles. The topological polar surface area (TPSA) is 84.5 Å². The third kappa shape index (κ3) is 5.16. The highest BCUT2D eigenvalue weighted by molar-refractivity contribution is 5.99. The molecule has 7 heteroatoms.